The second kappa shape index (κ2) is 6.80. The Morgan fingerprint density at radius 3 is 2.60 bits per heavy atom. The van der Waals surface area contributed by atoms with Crippen LogP contribution in [0.2, 0.25) is 0 Å². The molecule has 1 aliphatic rings. The van der Waals surface area contributed by atoms with E-state index < -0.39 is 0 Å². The summed E-state index contributed by atoms with van der Waals surface area (Å²) in [5.74, 6) is 0.569. The molecule has 1 aromatic heterocycles. The van der Waals surface area contributed by atoms with Crippen LogP contribution in [0.25, 0.3) is 11.8 Å². The van der Waals surface area contributed by atoms with Crippen molar-refractivity contribution in [1.29, 1.82) is 0 Å². The second-order valence-electron chi connectivity index (χ2n) is 5.79. The number of carbonyl (C=O) groups excluding carboxylic acids is 2. The third-order valence-corrected chi connectivity index (χ3v) is 5.17. The summed E-state index contributed by atoms with van der Waals surface area (Å²) in [7, 11) is 1.64. The Morgan fingerprint density at radius 2 is 1.96 bits per heavy atom. The second-order valence-corrected chi connectivity index (χ2v) is 6.78. The SMILES string of the molecule is CCN1C(=O)S/C(=C\c2cc(C)n(-c3cccc(OC)c3)c2C)C1=O. The molecule has 130 valence electrons. The van der Waals surface area contributed by atoms with Crippen molar-refractivity contribution >= 4 is 29.0 Å². The van der Waals surface area contributed by atoms with Gasteiger partial charge < -0.3 is 9.30 Å². The highest BCUT2D eigenvalue weighted by Gasteiger charge is 2.33. The van der Waals surface area contributed by atoms with Crippen molar-refractivity contribution in [2.45, 2.75) is 20.8 Å². The lowest BCUT2D eigenvalue weighted by molar-refractivity contribution is -0.122. The lowest BCUT2D eigenvalue weighted by Crippen LogP contribution is -2.27. The van der Waals surface area contributed by atoms with Crippen molar-refractivity contribution in [2.75, 3.05) is 13.7 Å². The van der Waals surface area contributed by atoms with Crippen LogP contribution in [-0.4, -0.2) is 34.3 Å². The van der Waals surface area contributed by atoms with Gasteiger partial charge in [-0.05, 0) is 62.4 Å². The summed E-state index contributed by atoms with van der Waals surface area (Å²) in [5, 5.41) is -0.208. The minimum atomic E-state index is -0.219. The number of carbonyl (C=O) groups is 2. The van der Waals surface area contributed by atoms with Crippen LogP contribution in [0.1, 0.15) is 23.9 Å². The largest absolute Gasteiger partial charge is 0.497 e. The third-order valence-electron chi connectivity index (χ3n) is 4.26. The van der Waals surface area contributed by atoms with Crippen molar-refractivity contribution in [3.63, 3.8) is 0 Å². The highest BCUT2D eigenvalue weighted by atomic mass is 32.2. The Balaban J connectivity index is 2.02. The lowest BCUT2D eigenvalue weighted by atomic mass is 10.2. The molecule has 2 aromatic rings. The molecule has 25 heavy (non-hydrogen) atoms. The van der Waals surface area contributed by atoms with Gasteiger partial charge in [0, 0.05) is 29.7 Å². The fourth-order valence-corrected chi connectivity index (χ4v) is 3.89. The fourth-order valence-electron chi connectivity index (χ4n) is 2.99. The maximum absolute atomic E-state index is 12.3. The fraction of sp³-hybridized carbons (Fsp3) is 0.263. The van der Waals surface area contributed by atoms with E-state index in [9.17, 15) is 9.59 Å². The normalized spacial score (nSPS) is 16.2. The molecule has 0 saturated carbocycles. The number of aromatic nitrogens is 1. The number of amides is 2. The number of rotatable bonds is 4. The van der Waals surface area contributed by atoms with E-state index in [2.05, 4.69) is 4.57 Å². The highest BCUT2D eigenvalue weighted by molar-refractivity contribution is 8.18. The van der Waals surface area contributed by atoms with Crippen LogP contribution in [0.4, 0.5) is 4.79 Å². The van der Waals surface area contributed by atoms with Crippen LogP contribution in [0.5, 0.6) is 5.75 Å². The van der Waals surface area contributed by atoms with Crippen molar-refractivity contribution in [2.24, 2.45) is 0 Å². The van der Waals surface area contributed by atoms with E-state index in [1.807, 2.05) is 44.2 Å². The number of methoxy groups -OCH3 is 1. The molecule has 1 fully saturated rings. The van der Waals surface area contributed by atoms with Crippen LogP contribution in [-0.2, 0) is 4.79 Å². The summed E-state index contributed by atoms with van der Waals surface area (Å²) in [6, 6.07) is 9.85. The van der Waals surface area contributed by atoms with Crippen molar-refractivity contribution in [1.82, 2.24) is 9.47 Å². The molecule has 1 saturated heterocycles. The van der Waals surface area contributed by atoms with E-state index in [0.29, 0.717) is 11.4 Å². The van der Waals surface area contributed by atoms with Crippen molar-refractivity contribution < 1.29 is 14.3 Å². The molecule has 6 heteroatoms. The van der Waals surface area contributed by atoms with E-state index in [4.69, 9.17) is 4.74 Å². The maximum Gasteiger partial charge on any atom is 0.293 e. The predicted molar refractivity (Wildman–Crippen MR) is 100 cm³/mol. The molecule has 5 nitrogen and oxygen atoms in total. The van der Waals surface area contributed by atoms with Crippen LogP contribution in [0.15, 0.2) is 35.2 Å². The lowest BCUT2D eigenvalue weighted by Gasteiger charge is -2.11. The number of nitrogens with zero attached hydrogens (tertiary/aromatic N) is 2. The minimum absolute atomic E-state index is 0.208. The molecule has 2 amide bonds. The number of aryl methyl sites for hydroxylation is 1. The zero-order valence-corrected chi connectivity index (χ0v) is 15.5. The Hall–Kier alpha value is -2.47. The van der Waals surface area contributed by atoms with Crippen LogP contribution in [0.3, 0.4) is 0 Å². The van der Waals surface area contributed by atoms with Gasteiger partial charge in [-0.2, -0.15) is 0 Å². The maximum atomic E-state index is 12.3. The Bertz CT molecular complexity index is 883. The topological polar surface area (TPSA) is 51.5 Å². The molecular formula is C19H20N2O3S. The summed E-state index contributed by atoms with van der Waals surface area (Å²) in [5.41, 5.74) is 3.98. The van der Waals surface area contributed by atoms with Crippen LogP contribution < -0.4 is 4.74 Å². The number of imide groups is 1. The molecule has 0 atom stereocenters. The van der Waals surface area contributed by atoms with Crippen molar-refractivity contribution in [3.8, 4) is 11.4 Å². The first-order valence-corrected chi connectivity index (χ1v) is 8.86. The van der Waals surface area contributed by atoms with Crippen LogP contribution in [0, 0.1) is 13.8 Å². The molecule has 1 aliphatic heterocycles. The number of hydrogen-bond donors (Lipinski definition) is 0. The Kier molecular flexibility index (Phi) is 4.72. The number of ether oxygens (including phenoxy) is 1. The van der Waals surface area contributed by atoms with Gasteiger partial charge in [-0.1, -0.05) is 6.07 Å². The van der Waals surface area contributed by atoms with Gasteiger partial charge in [0.2, 0.25) is 0 Å². The van der Waals surface area contributed by atoms with E-state index in [1.54, 1.807) is 20.1 Å². The summed E-state index contributed by atoms with van der Waals surface area (Å²) >= 11 is 0.996. The molecule has 0 radical (unpaired) electrons. The number of hydrogen-bond acceptors (Lipinski definition) is 4. The van der Waals surface area contributed by atoms with Gasteiger partial charge in [0.1, 0.15) is 5.75 Å². The van der Waals surface area contributed by atoms with Gasteiger partial charge in [0.25, 0.3) is 11.1 Å². The van der Waals surface area contributed by atoms with Gasteiger partial charge in [0.05, 0.1) is 12.0 Å². The first-order valence-electron chi connectivity index (χ1n) is 8.05. The Labute approximate surface area is 151 Å². The molecule has 3 rings (SSSR count). The quantitative estimate of drug-likeness (QED) is 0.772. The smallest absolute Gasteiger partial charge is 0.293 e. The molecule has 0 unspecified atom stereocenters. The molecule has 0 N–H and O–H groups in total. The monoisotopic (exact) mass is 356 g/mol. The van der Waals surface area contributed by atoms with Gasteiger partial charge in [0.15, 0.2) is 0 Å². The van der Waals surface area contributed by atoms with Crippen molar-refractivity contribution in [3.05, 3.63) is 52.2 Å². The predicted octanol–water partition coefficient (Wildman–Crippen LogP) is 4.16. The van der Waals surface area contributed by atoms with E-state index in [0.717, 1.165) is 40.2 Å². The van der Waals surface area contributed by atoms with E-state index in [1.165, 1.54) is 4.90 Å². The van der Waals surface area contributed by atoms with Gasteiger partial charge in [-0.3, -0.25) is 14.5 Å². The first-order chi connectivity index (χ1) is 12.0. The molecule has 0 spiro atoms. The van der Waals surface area contributed by atoms with E-state index >= 15 is 0 Å². The van der Waals surface area contributed by atoms with E-state index in [-0.39, 0.29) is 11.1 Å². The highest BCUT2D eigenvalue weighted by Crippen LogP contribution is 2.33. The standard InChI is InChI=1S/C19H20N2O3S/c1-5-20-18(22)17(25-19(20)23)10-14-9-12(2)21(13(14)3)15-7-6-8-16(11-15)24-4/h6-11H,5H2,1-4H3/b17-10-. The number of benzene rings is 1. The number of likely N-dealkylation sites (N-methyl/N-ethyl adjacent to an activating group) is 1. The van der Waals surface area contributed by atoms with Crippen LogP contribution >= 0.6 is 11.8 Å². The summed E-state index contributed by atoms with van der Waals surface area (Å²) in [6.07, 6.45) is 1.81. The zero-order chi connectivity index (χ0) is 18.1. The minimum Gasteiger partial charge on any atom is -0.497 e. The molecular weight excluding hydrogens is 336 g/mol. The average molecular weight is 356 g/mol. The molecule has 0 aliphatic carbocycles. The summed E-state index contributed by atoms with van der Waals surface area (Å²) < 4.78 is 7.41. The first kappa shape index (κ1) is 17.4. The number of thioether (sulfide) groups is 1. The molecule has 1 aromatic carbocycles. The van der Waals surface area contributed by atoms with Gasteiger partial charge in [-0.15, -0.1) is 0 Å². The summed E-state index contributed by atoms with van der Waals surface area (Å²) in [6.45, 7) is 6.21. The Morgan fingerprint density at radius 1 is 1.20 bits per heavy atom. The molecule has 0 bridgehead atoms. The van der Waals surface area contributed by atoms with Gasteiger partial charge >= 0.3 is 0 Å². The van der Waals surface area contributed by atoms with Gasteiger partial charge in [-0.25, -0.2) is 0 Å². The molecule has 2 heterocycles. The third kappa shape index (κ3) is 3.09. The summed E-state index contributed by atoms with van der Waals surface area (Å²) in [4.78, 5) is 25.9. The zero-order valence-electron chi connectivity index (χ0n) is 14.7. The average Bonchev–Trinajstić information content (AvgIpc) is 3.03.